The summed E-state index contributed by atoms with van der Waals surface area (Å²) in [5.41, 5.74) is 10.7. The summed E-state index contributed by atoms with van der Waals surface area (Å²) in [5, 5.41) is 26.6. The van der Waals surface area contributed by atoms with Gasteiger partial charge in [0.05, 0.1) is 51.0 Å². The van der Waals surface area contributed by atoms with Crippen molar-refractivity contribution < 1.29 is 4.42 Å². The van der Waals surface area contributed by atoms with Crippen molar-refractivity contribution in [2.75, 3.05) is 0 Å². The SMILES string of the molecule is N#Cc1ccc2c(c1)c1ccccc1n2-c1cccc(C#N)c1-c1ccc2c(c1)c1ccc3c4ccccc4oc3c1n2-c1ccccc1. The average Bonchev–Trinajstić information content (AvgIpc) is 3.82. The molecule has 0 aliphatic carbocycles. The maximum Gasteiger partial charge on any atom is 0.160 e. The fourth-order valence-corrected chi connectivity index (χ4v) is 7.71. The second-order valence-corrected chi connectivity index (χ2v) is 12.3. The Hall–Kier alpha value is -7.08. The van der Waals surface area contributed by atoms with Crippen LogP contribution in [0.1, 0.15) is 11.1 Å². The molecule has 7 aromatic carbocycles. The summed E-state index contributed by atoms with van der Waals surface area (Å²) < 4.78 is 11.1. The van der Waals surface area contributed by atoms with Crippen LogP contribution in [-0.2, 0) is 0 Å². The first-order chi connectivity index (χ1) is 24.2. The molecule has 0 saturated heterocycles. The van der Waals surface area contributed by atoms with E-state index in [1.807, 2.05) is 66.7 Å². The summed E-state index contributed by atoms with van der Waals surface area (Å²) in [6.07, 6.45) is 0. The summed E-state index contributed by atoms with van der Waals surface area (Å²) in [5.74, 6) is 0. The van der Waals surface area contributed by atoms with Crippen LogP contribution in [0.15, 0.2) is 150 Å². The first-order valence-corrected chi connectivity index (χ1v) is 16.1. The minimum atomic E-state index is 0.586. The summed E-state index contributed by atoms with van der Waals surface area (Å²) in [6.45, 7) is 0. The van der Waals surface area contributed by atoms with E-state index in [1.165, 1.54) is 0 Å². The summed E-state index contributed by atoms with van der Waals surface area (Å²) in [4.78, 5) is 0. The van der Waals surface area contributed by atoms with Crippen molar-refractivity contribution in [1.29, 1.82) is 10.5 Å². The van der Waals surface area contributed by atoms with Crippen LogP contribution in [0, 0.1) is 22.7 Å². The molecular formula is C44H24N4O. The van der Waals surface area contributed by atoms with Crippen LogP contribution in [0.3, 0.4) is 0 Å². The number of para-hydroxylation sites is 3. The fourth-order valence-electron chi connectivity index (χ4n) is 7.71. The molecule has 226 valence electrons. The molecule has 0 radical (unpaired) electrons. The summed E-state index contributed by atoms with van der Waals surface area (Å²) >= 11 is 0. The van der Waals surface area contributed by atoms with Gasteiger partial charge >= 0.3 is 0 Å². The molecule has 5 nitrogen and oxygen atoms in total. The molecule has 0 bridgehead atoms. The van der Waals surface area contributed by atoms with Crippen LogP contribution in [-0.4, -0.2) is 9.13 Å². The third kappa shape index (κ3) is 3.79. The number of benzene rings is 7. The van der Waals surface area contributed by atoms with E-state index in [-0.39, 0.29) is 0 Å². The van der Waals surface area contributed by atoms with Crippen LogP contribution in [0.5, 0.6) is 0 Å². The second-order valence-electron chi connectivity index (χ2n) is 12.3. The molecule has 10 rings (SSSR count). The van der Waals surface area contributed by atoms with Gasteiger partial charge in [-0.25, -0.2) is 0 Å². The molecule has 10 aromatic rings. The largest absolute Gasteiger partial charge is 0.454 e. The van der Waals surface area contributed by atoms with Gasteiger partial charge in [0.1, 0.15) is 5.58 Å². The van der Waals surface area contributed by atoms with Crippen molar-refractivity contribution in [3.63, 3.8) is 0 Å². The molecule has 3 heterocycles. The highest BCUT2D eigenvalue weighted by Gasteiger charge is 2.22. The standard InChI is InChI=1S/C44H24N4O/c45-25-27-17-21-39-35(23-27)31-12-4-6-14-37(31)48(39)40-15-8-9-29(26-46)42(40)28-18-22-38-36(24-28)33-19-20-34-32-13-5-7-16-41(32)49-44(34)43(33)47(38)30-10-2-1-3-11-30/h1-24H. The Kier molecular flexibility index (Phi) is 5.64. The van der Waals surface area contributed by atoms with Crippen molar-refractivity contribution in [3.8, 4) is 34.6 Å². The van der Waals surface area contributed by atoms with Gasteiger partial charge < -0.3 is 13.6 Å². The third-order valence-corrected chi connectivity index (χ3v) is 9.78. The highest BCUT2D eigenvalue weighted by molar-refractivity contribution is 6.22. The lowest BCUT2D eigenvalue weighted by Crippen LogP contribution is -1.99. The van der Waals surface area contributed by atoms with E-state index in [0.29, 0.717) is 11.1 Å². The van der Waals surface area contributed by atoms with Gasteiger partial charge in [-0.3, -0.25) is 0 Å². The maximum atomic E-state index is 10.5. The van der Waals surface area contributed by atoms with Crippen molar-refractivity contribution in [2.45, 2.75) is 0 Å². The smallest absolute Gasteiger partial charge is 0.160 e. The van der Waals surface area contributed by atoms with Crippen LogP contribution in [0.4, 0.5) is 0 Å². The number of nitriles is 2. The van der Waals surface area contributed by atoms with Gasteiger partial charge in [-0.15, -0.1) is 0 Å². The molecule has 0 atom stereocenters. The maximum absolute atomic E-state index is 10.5. The molecule has 0 saturated carbocycles. The van der Waals surface area contributed by atoms with Crippen LogP contribution < -0.4 is 0 Å². The number of hydrogen-bond acceptors (Lipinski definition) is 3. The normalized spacial score (nSPS) is 11.6. The molecule has 0 spiro atoms. The minimum Gasteiger partial charge on any atom is -0.454 e. The molecule has 0 amide bonds. The average molecular weight is 625 g/mol. The van der Waals surface area contributed by atoms with E-state index in [4.69, 9.17) is 4.42 Å². The molecule has 3 aromatic heterocycles. The number of aromatic nitrogens is 2. The number of hydrogen-bond donors (Lipinski definition) is 0. The van der Waals surface area contributed by atoms with E-state index < -0.39 is 0 Å². The van der Waals surface area contributed by atoms with E-state index in [9.17, 15) is 10.5 Å². The molecule has 0 aliphatic heterocycles. The molecule has 0 unspecified atom stereocenters. The fraction of sp³-hybridized carbons (Fsp3) is 0. The quantitative estimate of drug-likeness (QED) is 0.196. The molecule has 49 heavy (non-hydrogen) atoms. The van der Waals surface area contributed by atoms with Crippen molar-refractivity contribution >= 4 is 65.6 Å². The van der Waals surface area contributed by atoms with Crippen molar-refractivity contribution in [2.24, 2.45) is 0 Å². The Bertz CT molecular complexity index is 3070. The minimum absolute atomic E-state index is 0.586. The van der Waals surface area contributed by atoms with Crippen molar-refractivity contribution in [3.05, 3.63) is 157 Å². The third-order valence-electron chi connectivity index (χ3n) is 9.78. The molecule has 0 N–H and O–H groups in total. The molecule has 5 heteroatoms. The predicted octanol–water partition coefficient (Wildman–Crippen LogP) is 11.2. The topological polar surface area (TPSA) is 70.6 Å². The zero-order chi connectivity index (χ0) is 32.6. The Labute approximate surface area is 280 Å². The van der Waals surface area contributed by atoms with E-state index in [2.05, 4.69) is 100 Å². The highest BCUT2D eigenvalue weighted by atomic mass is 16.3. The first kappa shape index (κ1) is 27.1. The van der Waals surface area contributed by atoms with Crippen LogP contribution >= 0.6 is 0 Å². The van der Waals surface area contributed by atoms with E-state index in [0.717, 1.165) is 88.1 Å². The van der Waals surface area contributed by atoms with Gasteiger partial charge in [0.2, 0.25) is 0 Å². The Balaban J connectivity index is 1.31. The molecular weight excluding hydrogens is 601 g/mol. The lowest BCUT2D eigenvalue weighted by atomic mass is 9.96. The molecule has 0 aliphatic rings. The van der Waals surface area contributed by atoms with Gasteiger partial charge in [0.15, 0.2) is 5.58 Å². The van der Waals surface area contributed by atoms with Crippen LogP contribution in [0.2, 0.25) is 0 Å². The van der Waals surface area contributed by atoms with E-state index in [1.54, 1.807) is 0 Å². The number of fused-ring (bicyclic) bond motifs is 10. The molecule has 0 fully saturated rings. The monoisotopic (exact) mass is 624 g/mol. The zero-order valence-electron chi connectivity index (χ0n) is 26.1. The van der Waals surface area contributed by atoms with Gasteiger partial charge in [0, 0.05) is 43.6 Å². The van der Waals surface area contributed by atoms with Gasteiger partial charge in [-0.1, -0.05) is 72.8 Å². The van der Waals surface area contributed by atoms with Gasteiger partial charge in [-0.2, -0.15) is 10.5 Å². The Morgan fingerprint density at radius 2 is 1.20 bits per heavy atom. The lowest BCUT2D eigenvalue weighted by molar-refractivity contribution is 0.671. The van der Waals surface area contributed by atoms with Crippen molar-refractivity contribution in [1.82, 2.24) is 9.13 Å². The zero-order valence-corrected chi connectivity index (χ0v) is 26.1. The van der Waals surface area contributed by atoms with Gasteiger partial charge in [-0.05, 0) is 78.4 Å². The second kappa shape index (κ2) is 10.2. The predicted molar refractivity (Wildman–Crippen MR) is 197 cm³/mol. The Morgan fingerprint density at radius 3 is 2.06 bits per heavy atom. The van der Waals surface area contributed by atoms with Crippen LogP contribution in [0.25, 0.3) is 88.1 Å². The lowest BCUT2D eigenvalue weighted by Gasteiger charge is -2.16. The Morgan fingerprint density at radius 1 is 0.490 bits per heavy atom. The summed E-state index contributed by atoms with van der Waals surface area (Å²) in [7, 11) is 0. The highest BCUT2D eigenvalue weighted by Crippen LogP contribution is 2.43. The van der Waals surface area contributed by atoms with Gasteiger partial charge in [0.25, 0.3) is 0 Å². The number of furan rings is 1. The number of nitrogens with zero attached hydrogens (tertiary/aromatic N) is 4. The van der Waals surface area contributed by atoms with E-state index >= 15 is 0 Å². The first-order valence-electron chi connectivity index (χ1n) is 16.1. The summed E-state index contributed by atoms with van der Waals surface area (Å²) in [6, 6.07) is 54.2. The number of rotatable bonds is 3.